The van der Waals surface area contributed by atoms with E-state index in [1.54, 1.807) is 12.1 Å². The summed E-state index contributed by atoms with van der Waals surface area (Å²) in [7, 11) is 0. The first-order chi connectivity index (χ1) is 4.72. The van der Waals surface area contributed by atoms with Crippen molar-refractivity contribution in [3.63, 3.8) is 0 Å². The highest BCUT2D eigenvalue weighted by Gasteiger charge is 2.01. The Kier molecular flexibility index (Phi) is 4.44. The smallest absolute Gasteiger partial charge is 0.249 e. The molecule has 11 heavy (non-hydrogen) atoms. The van der Waals surface area contributed by atoms with Gasteiger partial charge in [0, 0.05) is 3.57 Å². The molecule has 1 amide bonds. The summed E-state index contributed by atoms with van der Waals surface area (Å²) in [5, 5.41) is 0. The van der Waals surface area contributed by atoms with Crippen LogP contribution in [0.1, 0.15) is 10.4 Å². The lowest BCUT2D eigenvalue weighted by atomic mass is 10.2. The minimum absolute atomic E-state index is 0. The van der Waals surface area contributed by atoms with E-state index in [9.17, 15) is 4.79 Å². The summed E-state index contributed by atoms with van der Waals surface area (Å²) in [6.45, 7) is 0. The molecule has 2 nitrogen and oxygen atoms in total. The molecule has 1 aromatic carbocycles. The van der Waals surface area contributed by atoms with E-state index in [1.807, 2.05) is 12.1 Å². The Hall–Kier alpha value is -0.290. The lowest BCUT2D eigenvalue weighted by Gasteiger charge is -1.95. The van der Waals surface area contributed by atoms with Gasteiger partial charge in [0.2, 0.25) is 5.91 Å². The minimum Gasteiger partial charge on any atom is -0.366 e. The Morgan fingerprint density at radius 2 is 1.91 bits per heavy atom. The van der Waals surface area contributed by atoms with Gasteiger partial charge in [-0.2, -0.15) is 0 Å². The van der Waals surface area contributed by atoms with Gasteiger partial charge in [0.1, 0.15) is 0 Å². The van der Waals surface area contributed by atoms with Crippen molar-refractivity contribution in [3.8, 4) is 0 Å². The highest BCUT2D eigenvalue weighted by Crippen LogP contribution is 2.09. The first-order valence-corrected chi connectivity index (χ1v) is 3.84. The number of halogens is 2. The number of rotatable bonds is 1. The number of hydrogen-bond donors (Lipinski definition) is 1. The minimum atomic E-state index is -0.370. The van der Waals surface area contributed by atoms with Crippen LogP contribution >= 0.6 is 35.0 Å². The van der Waals surface area contributed by atoms with Gasteiger partial charge < -0.3 is 5.73 Å². The highest BCUT2D eigenvalue weighted by molar-refractivity contribution is 14.1. The molecule has 0 saturated heterocycles. The average molecular weight is 283 g/mol. The monoisotopic (exact) mass is 283 g/mol. The molecule has 0 saturated carbocycles. The highest BCUT2D eigenvalue weighted by atomic mass is 127. The third kappa shape index (κ3) is 2.67. The van der Waals surface area contributed by atoms with E-state index in [2.05, 4.69) is 22.6 Å². The predicted octanol–water partition coefficient (Wildman–Crippen LogP) is 1.81. The van der Waals surface area contributed by atoms with Crippen LogP contribution in [-0.4, -0.2) is 5.91 Å². The Morgan fingerprint density at radius 1 is 1.36 bits per heavy atom. The van der Waals surface area contributed by atoms with Crippen molar-refractivity contribution in [2.75, 3.05) is 0 Å². The average Bonchev–Trinajstić information content (AvgIpc) is 1.88. The molecule has 0 fully saturated rings. The molecular formula is C7H7ClINO. The summed E-state index contributed by atoms with van der Waals surface area (Å²) in [5.41, 5.74) is 5.66. The van der Waals surface area contributed by atoms with Gasteiger partial charge in [-0.1, -0.05) is 12.1 Å². The summed E-state index contributed by atoms with van der Waals surface area (Å²) in [4.78, 5) is 10.6. The molecule has 0 aliphatic heterocycles. The van der Waals surface area contributed by atoms with Gasteiger partial charge in [0.25, 0.3) is 0 Å². The maximum Gasteiger partial charge on any atom is 0.249 e. The van der Waals surface area contributed by atoms with Crippen molar-refractivity contribution in [1.29, 1.82) is 0 Å². The van der Waals surface area contributed by atoms with Crippen LogP contribution in [0.4, 0.5) is 0 Å². The van der Waals surface area contributed by atoms with E-state index in [0.717, 1.165) is 3.57 Å². The Morgan fingerprint density at radius 3 is 2.27 bits per heavy atom. The molecule has 60 valence electrons. The van der Waals surface area contributed by atoms with Crippen LogP contribution in [-0.2, 0) is 0 Å². The fourth-order valence-corrected chi connectivity index (χ4v) is 1.31. The van der Waals surface area contributed by atoms with Crippen LogP contribution in [0.15, 0.2) is 24.3 Å². The number of hydrogen-bond acceptors (Lipinski definition) is 1. The van der Waals surface area contributed by atoms with Crippen molar-refractivity contribution >= 4 is 40.9 Å². The molecule has 0 radical (unpaired) electrons. The molecule has 0 heterocycles. The summed E-state index contributed by atoms with van der Waals surface area (Å²) in [5.74, 6) is -0.370. The Labute approximate surface area is 84.7 Å². The molecule has 0 atom stereocenters. The second kappa shape index (κ2) is 4.56. The van der Waals surface area contributed by atoms with Crippen molar-refractivity contribution < 1.29 is 4.79 Å². The zero-order valence-electron chi connectivity index (χ0n) is 5.58. The normalized spacial score (nSPS) is 8.45. The molecule has 4 heteroatoms. The molecule has 0 aliphatic rings. The molecular weight excluding hydrogens is 276 g/mol. The second-order valence-electron chi connectivity index (χ2n) is 1.84. The second-order valence-corrected chi connectivity index (χ2v) is 3.01. The lowest BCUT2D eigenvalue weighted by molar-refractivity contribution is 0.0999. The predicted molar refractivity (Wildman–Crippen MR) is 54.9 cm³/mol. The topological polar surface area (TPSA) is 43.1 Å². The lowest BCUT2D eigenvalue weighted by Crippen LogP contribution is -2.12. The molecule has 0 aromatic heterocycles. The fraction of sp³-hybridized carbons (Fsp3) is 0. The van der Waals surface area contributed by atoms with Gasteiger partial charge in [-0.05, 0) is 34.7 Å². The number of nitrogens with two attached hydrogens (primary N) is 1. The van der Waals surface area contributed by atoms with E-state index in [0.29, 0.717) is 5.56 Å². The van der Waals surface area contributed by atoms with E-state index in [4.69, 9.17) is 5.73 Å². The number of carbonyl (C=O) groups is 1. The third-order valence-electron chi connectivity index (χ3n) is 1.14. The quantitative estimate of drug-likeness (QED) is 0.785. The number of amides is 1. The van der Waals surface area contributed by atoms with E-state index >= 15 is 0 Å². The van der Waals surface area contributed by atoms with Gasteiger partial charge in [0.05, 0.1) is 5.56 Å². The van der Waals surface area contributed by atoms with Crippen LogP contribution in [0.25, 0.3) is 0 Å². The van der Waals surface area contributed by atoms with Crippen LogP contribution in [0.3, 0.4) is 0 Å². The SMILES string of the molecule is Cl.NC(=O)c1ccccc1I. The van der Waals surface area contributed by atoms with Gasteiger partial charge >= 0.3 is 0 Å². The first-order valence-electron chi connectivity index (χ1n) is 2.76. The van der Waals surface area contributed by atoms with Crippen molar-refractivity contribution in [3.05, 3.63) is 33.4 Å². The summed E-state index contributed by atoms with van der Waals surface area (Å²) >= 11 is 2.07. The van der Waals surface area contributed by atoms with Crippen molar-refractivity contribution in [1.82, 2.24) is 0 Å². The van der Waals surface area contributed by atoms with Gasteiger partial charge in [-0.15, -0.1) is 12.4 Å². The molecule has 2 N–H and O–H groups in total. The van der Waals surface area contributed by atoms with Crippen molar-refractivity contribution in [2.24, 2.45) is 5.73 Å². The Balaban J connectivity index is 0.000001000. The molecule has 0 unspecified atom stereocenters. The zero-order chi connectivity index (χ0) is 7.56. The van der Waals surface area contributed by atoms with E-state index < -0.39 is 0 Å². The summed E-state index contributed by atoms with van der Waals surface area (Å²) in [6, 6.07) is 7.22. The van der Waals surface area contributed by atoms with E-state index in [-0.39, 0.29) is 18.3 Å². The van der Waals surface area contributed by atoms with Gasteiger partial charge in [-0.25, -0.2) is 0 Å². The summed E-state index contributed by atoms with van der Waals surface area (Å²) in [6.07, 6.45) is 0. The van der Waals surface area contributed by atoms with E-state index in [1.165, 1.54) is 0 Å². The Bertz CT molecular complexity index is 264. The largest absolute Gasteiger partial charge is 0.366 e. The molecule has 0 spiro atoms. The van der Waals surface area contributed by atoms with Gasteiger partial charge in [0.15, 0.2) is 0 Å². The van der Waals surface area contributed by atoms with Gasteiger partial charge in [-0.3, -0.25) is 4.79 Å². The number of primary amides is 1. The maximum absolute atomic E-state index is 10.6. The van der Waals surface area contributed by atoms with Crippen LogP contribution in [0.5, 0.6) is 0 Å². The standard InChI is InChI=1S/C7H6INO.ClH/c8-6-4-2-1-3-5(6)7(9)10;/h1-4H,(H2,9,10);1H. The molecule has 0 aliphatic carbocycles. The first kappa shape index (κ1) is 10.7. The van der Waals surface area contributed by atoms with Crippen LogP contribution in [0.2, 0.25) is 0 Å². The zero-order valence-corrected chi connectivity index (χ0v) is 8.56. The summed E-state index contributed by atoms with van der Waals surface area (Å²) < 4.78 is 0.896. The molecule has 1 aromatic rings. The third-order valence-corrected chi connectivity index (χ3v) is 2.08. The molecule has 0 bridgehead atoms. The molecule has 1 rings (SSSR count). The van der Waals surface area contributed by atoms with Crippen LogP contribution < -0.4 is 5.73 Å². The number of carbonyl (C=O) groups excluding carboxylic acids is 1. The van der Waals surface area contributed by atoms with Crippen LogP contribution in [0, 0.1) is 3.57 Å². The fourth-order valence-electron chi connectivity index (χ4n) is 0.661. The number of benzene rings is 1. The maximum atomic E-state index is 10.6. The van der Waals surface area contributed by atoms with Crippen molar-refractivity contribution in [2.45, 2.75) is 0 Å².